The van der Waals surface area contributed by atoms with Crippen LogP contribution in [-0.4, -0.2) is 16.8 Å². The van der Waals surface area contributed by atoms with Crippen molar-refractivity contribution in [2.75, 3.05) is 10.6 Å². The lowest BCUT2D eigenvalue weighted by atomic mass is 10.2. The molecule has 0 radical (unpaired) electrons. The molecule has 6 nitrogen and oxygen atoms in total. The van der Waals surface area contributed by atoms with Gasteiger partial charge in [-0.1, -0.05) is 12.1 Å². The zero-order chi connectivity index (χ0) is 15.1. The summed E-state index contributed by atoms with van der Waals surface area (Å²) >= 11 is 0. The van der Waals surface area contributed by atoms with Crippen LogP contribution in [0.1, 0.15) is 16.8 Å². The summed E-state index contributed by atoms with van der Waals surface area (Å²) in [5.74, 6) is -0.734. The van der Waals surface area contributed by atoms with Crippen molar-refractivity contribution < 1.29 is 9.59 Å². The summed E-state index contributed by atoms with van der Waals surface area (Å²) in [5, 5.41) is 13.8. The van der Waals surface area contributed by atoms with Crippen molar-refractivity contribution in [2.24, 2.45) is 0 Å². The molecule has 2 aromatic rings. The molecule has 0 unspecified atom stereocenters. The Hall–Kier alpha value is -3.20. The van der Waals surface area contributed by atoms with Crippen LogP contribution in [0.4, 0.5) is 11.4 Å². The molecule has 2 rings (SSSR count). The maximum absolute atomic E-state index is 12.1. The smallest absolute Gasteiger partial charge is 0.255 e. The van der Waals surface area contributed by atoms with E-state index in [0.717, 1.165) is 0 Å². The van der Waals surface area contributed by atoms with Gasteiger partial charge in [-0.15, -0.1) is 0 Å². The molecule has 6 heteroatoms. The standard InChI is InChI=1S/C15H12N4O2/c16-8-5-14(20)18-12-3-1-2-4-13(12)19-15(21)11-6-9-17-10-7-11/h1-4,6-7,9-10H,5H2,(H,18,20)(H,19,21). The Morgan fingerprint density at radius 3 is 2.29 bits per heavy atom. The van der Waals surface area contributed by atoms with Crippen LogP contribution in [0.25, 0.3) is 0 Å². The van der Waals surface area contributed by atoms with Gasteiger partial charge >= 0.3 is 0 Å². The lowest BCUT2D eigenvalue weighted by molar-refractivity contribution is -0.115. The molecule has 0 aliphatic carbocycles. The van der Waals surface area contributed by atoms with Crippen molar-refractivity contribution in [1.29, 1.82) is 5.26 Å². The third-order valence-electron chi connectivity index (χ3n) is 2.63. The summed E-state index contributed by atoms with van der Waals surface area (Å²) in [5.41, 5.74) is 1.37. The largest absolute Gasteiger partial charge is 0.323 e. The van der Waals surface area contributed by atoms with E-state index in [-0.39, 0.29) is 12.3 Å². The van der Waals surface area contributed by atoms with Gasteiger partial charge in [-0.25, -0.2) is 0 Å². The first-order valence-electron chi connectivity index (χ1n) is 6.18. The number of aromatic nitrogens is 1. The Morgan fingerprint density at radius 2 is 1.67 bits per heavy atom. The highest BCUT2D eigenvalue weighted by Gasteiger charge is 2.10. The van der Waals surface area contributed by atoms with Crippen LogP contribution in [0.5, 0.6) is 0 Å². The molecule has 0 saturated heterocycles. The van der Waals surface area contributed by atoms with Gasteiger partial charge in [0.05, 0.1) is 17.4 Å². The molecule has 0 bridgehead atoms. The van der Waals surface area contributed by atoms with E-state index >= 15 is 0 Å². The van der Waals surface area contributed by atoms with E-state index in [9.17, 15) is 9.59 Å². The maximum Gasteiger partial charge on any atom is 0.255 e. The Morgan fingerprint density at radius 1 is 1.05 bits per heavy atom. The van der Waals surface area contributed by atoms with Crippen LogP contribution in [-0.2, 0) is 4.79 Å². The first kappa shape index (κ1) is 14.2. The molecule has 0 atom stereocenters. The van der Waals surface area contributed by atoms with E-state index in [1.54, 1.807) is 42.5 Å². The summed E-state index contributed by atoms with van der Waals surface area (Å²) in [6.07, 6.45) is 2.80. The fraction of sp³-hybridized carbons (Fsp3) is 0.0667. The van der Waals surface area contributed by atoms with Crippen molar-refractivity contribution in [2.45, 2.75) is 6.42 Å². The van der Waals surface area contributed by atoms with E-state index in [0.29, 0.717) is 16.9 Å². The molecule has 1 heterocycles. The van der Waals surface area contributed by atoms with Crippen LogP contribution in [0.3, 0.4) is 0 Å². The van der Waals surface area contributed by atoms with Gasteiger partial charge in [-0.3, -0.25) is 14.6 Å². The fourth-order valence-corrected chi connectivity index (χ4v) is 1.67. The lowest BCUT2D eigenvalue weighted by Gasteiger charge is -2.11. The molecule has 0 spiro atoms. The summed E-state index contributed by atoms with van der Waals surface area (Å²) < 4.78 is 0. The molecule has 21 heavy (non-hydrogen) atoms. The minimum Gasteiger partial charge on any atom is -0.323 e. The Kier molecular flexibility index (Phi) is 4.62. The van der Waals surface area contributed by atoms with Crippen LogP contribution >= 0.6 is 0 Å². The van der Waals surface area contributed by atoms with E-state index in [1.165, 1.54) is 12.4 Å². The maximum atomic E-state index is 12.1. The van der Waals surface area contributed by atoms with E-state index in [4.69, 9.17) is 5.26 Å². The number of nitrogens with one attached hydrogen (secondary N) is 2. The van der Waals surface area contributed by atoms with Crippen molar-refractivity contribution >= 4 is 23.2 Å². The Bertz CT molecular complexity index is 692. The van der Waals surface area contributed by atoms with Gasteiger partial charge in [0.2, 0.25) is 5.91 Å². The second-order valence-corrected chi connectivity index (χ2v) is 4.12. The minimum absolute atomic E-state index is 0.243. The highest BCUT2D eigenvalue weighted by Crippen LogP contribution is 2.21. The first-order valence-corrected chi connectivity index (χ1v) is 6.18. The quantitative estimate of drug-likeness (QED) is 0.897. The summed E-state index contributed by atoms with van der Waals surface area (Å²) in [4.78, 5) is 27.4. The third-order valence-corrected chi connectivity index (χ3v) is 2.63. The number of benzene rings is 1. The van der Waals surface area contributed by atoms with E-state index < -0.39 is 5.91 Å². The molecule has 1 aromatic heterocycles. The number of hydrogen-bond donors (Lipinski definition) is 2. The third kappa shape index (κ3) is 3.88. The second kappa shape index (κ2) is 6.82. The van der Waals surface area contributed by atoms with E-state index in [2.05, 4.69) is 15.6 Å². The van der Waals surface area contributed by atoms with Gasteiger partial charge in [0.15, 0.2) is 0 Å². The zero-order valence-electron chi connectivity index (χ0n) is 11.0. The van der Waals surface area contributed by atoms with Crippen LogP contribution in [0, 0.1) is 11.3 Å². The number of pyridine rings is 1. The van der Waals surface area contributed by atoms with Crippen molar-refractivity contribution in [3.8, 4) is 6.07 Å². The Labute approximate surface area is 121 Å². The molecule has 2 amide bonds. The molecule has 0 aliphatic rings. The average Bonchev–Trinajstić information content (AvgIpc) is 2.50. The Balaban J connectivity index is 2.15. The van der Waals surface area contributed by atoms with Gasteiger partial charge in [-0.2, -0.15) is 5.26 Å². The van der Waals surface area contributed by atoms with Crippen molar-refractivity contribution in [3.05, 3.63) is 54.4 Å². The first-order chi connectivity index (χ1) is 10.2. The molecule has 104 valence electrons. The average molecular weight is 280 g/mol. The lowest BCUT2D eigenvalue weighted by Crippen LogP contribution is -2.16. The monoisotopic (exact) mass is 280 g/mol. The summed E-state index contributed by atoms with van der Waals surface area (Å²) in [7, 11) is 0. The van der Waals surface area contributed by atoms with Gasteiger partial charge in [-0.05, 0) is 24.3 Å². The predicted octanol–water partition coefficient (Wildman–Crippen LogP) is 2.19. The van der Waals surface area contributed by atoms with Crippen LogP contribution in [0.15, 0.2) is 48.8 Å². The molecular formula is C15H12N4O2. The minimum atomic E-state index is -0.428. The molecule has 2 N–H and O–H groups in total. The number of anilines is 2. The predicted molar refractivity (Wildman–Crippen MR) is 77.5 cm³/mol. The van der Waals surface area contributed by atoms with Gasteiger partial charge < -0.3 is 10.6 Å². The SMILES string of the molecule is N#CCC(=O)Nc1ccccc1NC(=O)c1ccncc1. The van der Waals surface area contributed by atoms with Gasteiger partial charge in [0, 0.05) is 18.0 Å². The van der Waals surface area contributed by atoms with Gasteiger partial charge in [0.25, 0.3) is 5.91 Å². The number of amides is 2. The molecule has 0 aliphatic heterocycles. The number of para-hydroxylation sites is 2. The second-order valence-electron chi connectivity index (χ2n) is 4.12. The number of carbonyl (C=O) groups excluding carboxylic acids is 2. The number of nitrogens with zero attached hydrogens (tertiary/aromatic N) is 2. The zero-order valence-corrected chi connectivity index (χ0v) is 11.0. The van der Waals surface area contributed by atoms with Crippen molar-refractivity contribution in [3.63, 3.8) is 0 Å². The van der Waals surface area contributed by atoms with Crippen LogP contribution < -0.4 is 10.6 Å². The number of rotatable bonds is 4. The van der Waals surface area contributed by atoms with Crippen molar-refractivity contribution in [1.82, 2.24) is 4.98 Å². The highest BCUT2D eigenvalue weighted by atomic mass is 16.2. The molecular weight excluding hydrogens is 268 g/mol. The number of carbonyl (C=O) groups is 2. The molecule has 0 fully saturated rings. The number of nitriles is 1. The summed E-state index contributed by atoms with van der Waals surface area (Å²) in [6, 6.07) is 11.7. The normalized spacial score (nSPS) is 9.48. The fourth-order valence-electron chi connectivity index (χ4n) is 1.67. The topological polar surface area (TPSA) is 94.9 Å². The summed E-state index contributed by atoms with van der Waals surface area (Å²) in [6.45, 7) is 0. The highest BCUT2D eigenvalue weighted by molar-refractivity contribution is 6.07. The van der Waals surface area contributed by atoms with E-state index in [1.807, 2.05) is 0 Å². The van der Waals surface area contributed by atoms with Gasteiger partial charge in [0.1, 0.15) is 6.42 Å². The van der Waals surface area contributed by atoms with Crippen LogP contribution in [0.2, 0.25) is 0 Å². The molecule has 0 saturated carbocycles. The number of hydrogen-bond acceptors (Lipinski definition) is 4. The molecule has 1 aromatic carbocycles.